The van der Waals surface area contributed by atoms with Crippen LogP contribution in [-0.4, -0.2) is 59.3 Å². The van der Waals surface area contributed by atoms with Crippen LogP contribution >= 0.6 is 0 Å². The van der Waals surface area contributed by atoms with E-state index in [4.69, 9.17) is 0 Å². The quantitative estimate of drug-likeness (QED) is 0.816. The van der Waals surface area contributed by atoms with Gasteiger partial charge in [0.15, 0.2) is 0 Å². The summed E-state index contributed by atoms with van der Waals surface area (Å²) < 4.78 is 28.4. The van der Waals surface area contributed by atoms with Gasteiger partial charge in [0.05, 0.1) is 12.5 Å². The Kier molecular flexibility index (Phi) is 4.41. The molecule has 2 fully saturated rings. The number of benzene rings is 1. The number of hydrogen-bond acceptors (Lipinski definition) is 4. The molecule has 1 aromatic heterocycles. The van der Waals surface area contributed by atoms with E-state index in [0.29, 0.717) is 6.54 Å². The van der Waals surface area contributed by atoms with E-state index >= 15 is 0 Å². The van der Waals surface area contributed by atoms with Crippen molar-refractivity contribution in [3.05, 3.63) is 53.9 Å². The first-order valence-electron chi connectivity index (χ1n) is 9.11. The molecule has 140 valence electrons. The number of aryl methyl sites for hydroxylation is 1. The molecule has 6 nitrogen and oxygen atoms in total. The molecule has 0 N–H and O–H groups in total. The van der Waals surface area contributed by atoms with Crippen LogP contribution in [0.1, 0.15) is 24.0 Å². The Labute approximate surface area is 155 Å². The average molecular weight is 375 g/mol. The summed E-state index contributed by atoms with van der Waals surface area (Å²) in [6, 6.07) is 10.5. The first-order valence-corrected chi connectivity index (χ1v) is 11.0. The van der Waals surface area contributed by atoms with Gasteiger partial charge in [0.1, 0.15) is 0 Å². The van der Waals surface area contributed by atoms with Gasteiger partial charge in [-0.05, 0) is 24.9 Å². The molecular formula is C19H26N4O2S. The maximum absolute atomic E-state index is 12.4. The summed E-state index contributed by atoms with van der Waals surface area (Å²) in [5.41, 5.74) is 2.37. The standard InChI is InChI=1S/C19H26N4O2S/c1-21-13-16(12-20-21)14-22-10-8-19(17-6-4-3-5-7-17)9-11-23(18(19)15-22)26(2,24)25/h3-7,12-13,18H,8-11,14-15H2,1-2H3/t18-,19-/m0/s1. The highest BCUT2D eigenvalue weighted by Gasteiger charge is 2.53. The van der Waals surface area contributed by atoms with Gasteiger partial charge in [0.2, 0.25) is 10.0 Å². The second-order valence-corrected chi connectivity index (χ2v) is 9.60. The number of nitrogens with zero attached hydrogens (tertiary/aromatic N) is 4. The van der Waals surface area contributed by atoms with Crippen molar-refractivity contribution in [2.45, 2.75) is 30.8 Å². The van der Waals surface area contributed by atoms with Crippen molar-refractivity contribution in [2.24, 2.45) is 7.05 Å². The van der Waals surface area contributed by atoms with Crippen molar-refractivity contribution in [1.82, 2.24) is 19.0 Å². The minimum Gasteiger partial charge on any atom is -0.297 e. The zero-order valence-electron chi connectivity index (χ0n) is 15.4. The molecule has 0 amide bonds. The second-order valence-electron chi connectivity index (χ2n) is 7.67. The molecule has 0 spiro atoms. The molecule has 1 aromatic carbocycles. The van der Waals surface area contributed by atoms with Crippen LogP contribution in [-0.2, 0) is 29.0 Å². The van der Waals surface area contributed by atoms with Gasteiger partial charge in [-0.25, -0.2) is 8.42 Å². The highest BCUT2D eigenvalue weighted by molar-refractivity contribution is 7.88. The molecule has 26 heavy (non-hydrogen) atoms. The van der Waals surface area contributed by atoms with Crippen molar-refractivity contribution < 1.29 is 8.42 Å². The number of likely N-dealkylation sites (tertiary alicyclic amines) is 1. The third-order valence-corrected chi connectivity index (χ3v) is 7.30. The predicted octanol–water partition coefficient (Wildman–Crippen LogP) is 1.60. The minimum atomic E-state index is -3.22. The van der Waals surface area contributed by atoms with Crippen molar-refractivity contribution in [2.75, 3.05) is 25.9 Å². The Morgan fingerprint density at radius 3 is 2.58 bits per heavy atom. The number of aromatic nitrogens is 2. The van der Waals surface area contributed by atoms with Crippen LogP contribution in [0, 0.1) is 0 Å². The highest BCUT2D eigenvalue weighted by Crippen LogP contribution is 2.46. The van der Waals surface area contributed by atoms with Crippen LogP contribution in [0.5, 0.6) is 0 Å². The molecule has 0 radical (unpaired) electrons. The molecule has 0 saturated carbocycles. The fourth-order valence-electron chi connectivity index (χ4n) is 4.76. The van der Waals surface area contributed by atoms with Crippen molar-refractivity contribution in [3.8, 4) is 0 Å². The molecular weight excluding hydrogens is 348 g/mol. The molecule has 0 bridgehead atoms. The summed E-state index contributed by atoms with van der Waals surface area (Å²) in [4.78, 5) is 2.37. The highest BCUT2D eigenvalue weighted by atomic mass is 32.2. The van der Waals surface area contributed by atoms with Gasteiger partial charge in [-0.1, -0.05) is 30.3 Å². The first-order chi connectivity index (χ1) is 12.4. The Hall–Kier alpha value is -1.70. The number of hydrogen-bond donors (Lipinski definition) is 0. The van der Waals surface area contributed by atoms with Crippen molar-refractivity contribution >= 4 is 10.0 Å². The fraction of sp³-hybridized carbons (Fsp3) is 0.526. The van der Waals surface area contributed by atoms with Crippen LogP contribution in [0.25, 0.3) is 0 Å². The molecule has 4 rings (SSSR count). The van der Waals surface area contributed by atoms with Gasteiger partial charge in [0.25, 0.3) is 0 Å². The maximum Gasteiger partial charge on any atom is 0.211 e. The summed E-state index contributed by atoms with van der Waals surface area (Å²) in [5.74, 6) is 0. The van der Waals surface area contributed by atoms with Crippen LogP contribution in [0.4, 0.5) is 0 Å². The summed E-state index contributed by atoms with van der Waals surface area (Å²) in [6.45, 7) is 3.15. The van der Waals surface area contributed by atoms with Crippen LogP contribution in [0.2, 0.25) is 0 Å². The van der Waals surface area contributed by atoms with Crippen LogP contribution in [0.15, 0.2) is 42.7 Å². The smallest absolute Gasteiger partial charge is 0.211 e. The zero-order valence-corrected chi connectivity index (χ0v) is 16.2. The molecule has 2 saturated heterocycles. The van der Waals surface area contributed by atoms with Crippen LogP contribution in [0.3, 0.4) is 0 Å². The monoisotopic (exact) mass is 374 g/mol. The lowest BCUT2D eigenvalue weighted by Crippen LogP contribution is -2.56. The van der Waals surface area contributed by atoms with E-state index in [1.54, 1.807) is 4.31 Å². The van der Waals surface area contributed by atoms with Gasteiger partial charge in [-0.3, -0.25) is 9.58 Å². The lowest BCUT2D eigenvalue weighted by atomic mass is 9.69. The van der Waals surface area contributed by atoms with E-state index in [0.717, 1.165) is 32.5 Å². The molecule has 2 aliphatic rings. The number of rotatable bonds is 4. The molecule has 0 aliphatic carbocycles. The third kappa shape index (κ3) is 3.08. The summed E-state index contributed by atoms with van der Waals surface area (Å²) in [7, 11) is -1.30. The Bertz CT molecular complexity index is 880. The molecule has 2 aromatic rings. The zero-order chi connectivity index (χ0) is 18.4. The topological polar surface area (TPSA) is 58.4 Å². The lowest BCUT2D eigenvalue weighted by molar-refractivity contribution is 0.110. The van der Waals surface area contributed by atoms with Crippen LogP contribution < -0.4 is 0 Å². The van der Waals surface area contributed by atoms with E-state index < -0.39 is 10.0 Å². The molecule has 2 aliphatic heterocycles. The molecule has 7 heteroatoms. The van der Waals surface area contributed by atoms with Gasteiger partial charge in [0, 0.05) is 49.9 Å². The second kappa shape index (κ2) is 6.48. The lowest BCUT2D eigenvalue weighted by Gasteiger charge is -2.46. The summed E-state index contributed by atoms with van der Waals surface area (Å²) >= 11 is 0. The fourth-order valence-corrected chi connectivity index (χ4v) is 5.92. The van der Waals surface area contributed by atoms with E-state index in [1.165, 1.54) is 17.4 Å². The third-order valence-electron chi connectivity index (χ3n) is 6.01. The van der Waals surface area contributed by atoms with Gasteiger partial charge in [-0.2, -0.15) is 9.40 Å². The molecule has 2 atom stereocenters. The first kappa shape index (κ1) is 17.7. The molecule has 0 unspecified atom stereocenters. The van der Waals surface area contributed by atoms with E-state index in [9.17, 15) is 8.42 Å². The summed E-state index contributed by atoms with van der Waals surface area (Å²) in [5, 5.41) is 4.25. The van der Waals surface area contributed by atoms with Gasteiger partial charge in [-0.15, -0.1) is 0 Å². The van der Waals surface area contributed by atoms with Crippen molar-refractivity contribution in [1.29, 1.82) is 0 Å². The number of fused-ring (bicyclic) bond motifs is 1. The average Bonchev–Trinajstić information content (AvgIpc) is 3.19. The van der Waals surface area contributed by atoms with E-state index in [2.05, 4.69) is 34.3 Å². The van der Waals surface area contributed by atoms with E-state index in [1.807, 2.05) is 30.2 Å². The molecule has 3 heterocycles. The largest absolute Gasteiger partial charge is 0.297 e. The summed E-state index contributed by atoms with van der Waals surface area (Å²) in [6.07, 6.45) is 7.14. The number of piperidine rings is 1. The number of sulfonamides is 1. The Morgan fingerprint density at radius 1 is 1.19 bits per heavy atom. The van der Waals surface area contributed by atoms with E-state index in [-0.39, 0.29) is 11.5 Å². The Balaban J connectivity index is 1.64. The normalized spacial score (nSPS) is 27.5. The predicted molar refractivity (Wildman–Crippen MR) is 101 cm³/mol. The SMILES string of the molecule is Cn1cc(CN2CC[C@@]3(c4ccccc4)CCN(S(C)(=O)=O)[C@H]3C2)cn1. The van der Waals surface area contributed by atoms with Gasteiger partial charge >= 0.3 is 0 Å². The Morgan fingerprint density at radius 2 is 1.92 bits per heavy atom. The maximum atomic E-state index is 12.4. The minimum absolute atomic E-state index is 0.00896. The van der Waals surface area contributed by atoms with Gasteiger partial charge < -0.3 is 0 Å². The van der Waals surface area contributed by atoms with Crippen molar-refractivity contribution in [3.63, 3.8) is 0 Å².